The fraction of sp³-hybridized carbons (Fsp3) is 1.00. The lowest BCUT2D eigenvalue weighted by molar-refractivity contribution is 0.103. The smallest absolute Gasteiger partial charge is 0.0462 e. The molecule has 2 nitrogen and oxygen atoms in total. The monoisotopic (exact) mass is 310 g/mol. The van der Waals surface area contributed by atoms with E-state index in [1.165, 1.54) is 89.9 Å². The molecule has 0 aromatic rings. The molecule has 2 aliphatic carbocycles. The molecule has 130 valence electrons. The van der Waals surface area contributed by atoms with E-state index in [0.717, 1.165) is 5.92 Å². The van der Waals surface area contributed by atoms with Crippen LogP contribution in [0, 0.1) is 23.7 Å². The zero-order valence-corrected chi connectivity index (χ0v) is 14.5. The van der Waals surface area contributed by atoms with E-state index in [4.69, 9.17) is 0 Å². The predicted octanol–water partition coefficient (Wildman–Crippen LogP) is 4.92. The summed E-state index contributed by atoms with van der Waals surface area (Å²) in [6.45, 7) is 0.742. The van der Waals surface area contributed by atoms with Crippen molar-refractivity contribution in [2.75, 3.05) is 13.2 Å². The minimum Gasteiger partial charge on any atom is -0.396 e. The van der Waals surface area contributed by atoms with Crippen LogP contribution in [-0.4, -0.2) is 23.4 Å². The quantitative estimate of drug-likeness (QED) is 0.776. The molecule has 2 heteroatoms. The molecule has 3 atom stereocenters. The minimum absolute atomic E-state index is 0.362. The number of rotatable bonds is 3. The van der Waals surface area contributed by atoms with E-state index in [-0.39, 0.29) is 0 Å². The third-order valence-corrected chi connectivity index (χ3v) is 6.45. The fourth-order valence-electron chi connectivity index (χ4n) is 4.98. The Morgan fingerprint density at radius 3 is 1.77 bits per heavy atom. The Balaban J connectivity index is 2.02. The zero-order valence-electron chi connectivity index (χ0n) is 14.5. The number of hydrogen-bond donors (Lipinski definition) is 2. The summed E-state index contributed by atoms with van der Waals surface area (Å²) < 4.78 is 0. The van der Waals surface area contributed by atoms with Crippen LogP contribution in [0.2, 0.25) is 0 Å². The van der Waals surface area contributed by atoms with Crippen LogP contribution < -0.4 is 0 Å². The molecule has 0 aliphatic heterocycles. The SMILES string of the molecule is OCC1CCCCC(CO)C(C2CCCCCCCC2)CC1. The average molecular weight is 311 g/mol. The van der Waals surface area contributed by atoms with E-state index in [1.54, 1.807) is 0 Å². The standard InChI is InChI=1S/C20H38O2/c21-15-17-9-7-8-12-19(16-22)20(14-13-17)18-10-5-3-1-2-4-6-11-18/h17-22H,1-16H2. The highest BCUT2D eigenvalue weighted by Crippen LogP contribution is 2.39. The van der Waals surface area contributed by atoms with E-state index in [9.17, 15) is 10.2 Å². The topological polar surface area (TPSA) is 40.5 Å². The van der Waals surface area contributed by atoms with Gasteiger partial charge in [0.25, 0.3) is 0 Å². The van der Waals surface area contributed by atoms with E-state index in [1.807, 2.05) is 0 Å². The summed E-state index contributed by atoms with van der Waals surface area (Å²) in [5.41, 5.74) is 0. The summed E-state index contributed by atoms with van der Waals surface area (Å²) in [7, 11) is 0. The van der Waals surface area contributed by atoms with E-state index in [2.05, 4.69) is 0 Å². The van der Waals surface area contributed by atoms with Crippen molar-refractivity contribution in [3.05, 3.63) is 0 Å². The van der Waals surface area contributed by atoms with Crippen molar-refractivity contribution in [1.82, 2.24) is 0 Å². The summed E-state index contributed by atoms with van der Waals surface area (Å²) in [4.78, 5) is 0. The second-order valence-electron chi connectivity index (χ2n) is 7.98. The van der Waals surface area contributed by atoms with Gasteiger partial charge in [-0.3, -0.25) is 0 Å². The predicted molar refractivity (Wildman–Crippen MR) is 92.8 cm³/mol. The number of aliphatic hydroxyl groups is 2. The maximum Gasteiger partial charge on any atom is 0.0462 e. The van der Waals surface area contributed by atoms with Gasteiger partial charge >= 0.3 is 0 Å². The minimum atomic E-state index is 0.362. The van der Waals surface area contributed by atoms with Gasteiger partial charge in [0.2, 0.25) is 0 Å². The van der Waals surface area contributed by atoms with Gasteiger partial charge in [0.15, 0.2) is 0 Å². The summed E-state index contributed by atoms with van der Waals surface area (Å²) in [5.74, 6) is 2.56. The van der Waals surface area contributed by atoms with Gasteiger partial charge in [0, 0.05) is 13.2 Å². The van der Waals surface area contributed by atoms with Crippen LogP contribution in [0.1, 0.15) is 89.9 Å². The third-order valence-electron chi connectivity index (χ3n) is 6.45. The summed E-state index contributed by atoms with van der Waals surface area (Å²) in [5, 5.41) is 19.5. The van der Waals surface area contributed by atoms with E-state index < -0.39 is 0 Å². The van der Waals surface area contributed by atoms with Crippen molar-refractivity contribution in [2.24, 2.45) is 23.7 Å². The first kappa shape index (κ1) is 18.3. The highest BCUT2D eigenvalue weighted by molar-refractivity contribution is 4.80. The molecule has 0 aromatic heterocycles. The second-order valence-corrected chi connectivity index (χ2v) is 7.98. The van der Waals surface area contributed by atoms with Crippen molar-refractivity contribution in [1.29, 1.82) is 0 Å². The lowest BCUT2D eigenvalue weighted by atomic mass is 9.73. The Morgan fingerprint density at radius 2 is 1.14 bits per heavy atom. The Kier molecular flexibility index (Phi) is 8.84. The fourth-order valence-corrected chi connectivity index (χ4v) is 4.98. The third kappa shape index (κ3) is 5.85. The Hall–Kier alpha value is -0.0800. The first-order valence-corrected chi connectivity index (χ1v) is 10.1. The van der Waals surface area contributed by atoms with Crippen LogP contribution >= 0.6 is 0 Å². The molecule has 2 saturated carbocycles. The van der Waals surface area contributed by atoms with Gasteiger partial charge in [0.05, 0.1) is 0 Å². The Bertz CT molecular complexity index is 269. The van der Waals surface area contributed by atoms with Crippen molar-refractivity contribution in [3.8, 4) is 0 Å². The summed E-state index contributed by atoms with van der Waals surface area (Å²) in [6.07, 6.45) is 18.5. The van der Waals surface area contributed by atoms with Gasteiger partial charge in [-0.05, 0) is 49.4 Å². The van der Waals surface area contributed by atoms with Gasteiger partial charge in [-0.2, -0.15) is 0 Å². The normalized spacial score (nSPS) is 33.8. The molecule has 0 heterocycles. The van der Waals surface area contributed by atoms with Crippen LogP contribution in [0.4, 0.5) is 0 Å². The molecule has 0 amide bonds. The average Bonchev–Trinajstić information content (AvgIpc) is 2.74. The largest absolute Gasteiger partial charge is 0.396 e. The molecule has 0 spiro atoms. The number of aliphatic hydroxyl groups excluding tert-OH is 2. The molecule has 0 aromatic carbocycles. The Labute approximate surface area is 137 Å². The van der Waals surface area contributed by atoms with Crippen molar-refractivity contribution < 1.29 is 10.2 Å². The van der Waals surface area contributed by atoms with Gasteiger partial charge in [-0.1, -0.05) is 64.2 Å². The van der Waals surface area contributed by atoms with Crippen molar-refractivity contribution in [3.63, 3.8) is 0 Å². The molecule has 2 rings (SSSR count). The van der Waals surface area contributed by atoms with Crippen molar-refractivity contribution in [2.45, 2.75) is 89.9 Å². The van der Waals surface area contributed by atoms with Gasteiger partial charge in [0.1, 0.15) is 0 Å². The zero-order chi connectivity index (χ0) is 15.6. The molecule has 2 fully saturated rings. The molecule has 22 heavy (non-hydrogen) atoms. The van der Waals surface area contributed by atoms with E-state index >= 15 is 0 Å². The highest BCUT2D eigenvalue weighted by Gasteiger charge is 2.30. The summed E-state index contributed by atoms with van der Waals surface area (Å²) >= 11 is 0. The molecule has 0 saturated heterocycles. The summed E-state index contributed by atoms with van der Waals surface area (Å²) in [6, 6.07) is 0. The maximum absolute atomic E-state index is 9.96. The lowest BCUT2D eigenvalue weighted by Crippen LogP contribution is -2.27. The first-order chi connectivity index (χ1) is 10.8. The first-order valence-electron chi connectivity index (χ1n) is 10.1. The van der Waals surface area contributed by atoms with Crippen LogP contribution in [0.15, 0.2) is 0 Å². The highest BCUT2D eigenvalue weighted by atomic mass is 16.3. The molecule has 0 bridgehead atoms. The van der Waals surface area contributed by atoms with Gasteiger partial charge in [-0.25, -0.2) is 0 Å². The second kappa shape index (κ2) is 10.6. The van der Waals surface area contributed by atoms with Crippen molar-refractivity contribution >= 4 is 0 Å². The van der Waals surface area contributed by atoms with E-state index in [0.29, 0.717) is 31.0 Å². The van der Waals surface area contributed by atoms with Gasteiger partial charge < -0.3 is 10.2 Å². The molecule has 0 radical (unpaired) electrons. The number of hydrogen-bond acceptors (Lipinski definition) is 2. The lowest BCUT2D eigenvalue weighted by Gasteiger charge is -2.33. The molecule has 2 aliphatic rings. The van der Waals surface area contributed by atoms with Crippen LogP contribution in [0.5, 0.6) is 0 Å². The van der Waals surface area contributed by atoms with Crippen LogP contribution in [-0.2, 0) is 0 Å². The molecular formula is C20H38O2. The molecular weight excluding hydrogens is 272 g/mol. The maximum atomic E-state index is 9.96. The van der Waals surface area contributed by atoms with Crippen LogP contribution in [0.25, 0.3) is 0 Å². The Morgan fingerprint density at radius 1 is 0.545 bits per heavy atom. The molecule has 3 unspecified atom stereocenters. The molecule has 2 N–H and O–H groups in total. The van der Waals surface area contributed by atoms with Crippen LogP contribution in [0.3, 0.4) is 0 Å². The van der Waals surface area contributed by atoms with Gasteiger partial charge in [-0.15, -0.1) is 0 Å².